The van der Waals surface area contributed by atoms with Crippen LogP contribution in [0.25, 0.3) is 5.57 Å². The lowest BCUT2D eigenvalue weighted by Crippen LogP contribution is -2.40. The number of amides is 2. The third kappa shape index (κ3) is 3.75. The van der Waals surface area contributed by atoms with Crippen LogP contribution < -0.4 is 0 Å². The van der Waals surface area contributed by atoms with Gasteiger partial charge < -0.3 is 10.0 Å². The molecular weight excluding hydrogens is 378 g/mol. The number of nitrogens with zero attached hydrogens (tertiary/aromatic N) is 3. The highest BCUT2D eigenvalue weighted by Gasteiger charge is 2.42. The Morgan fingerprint density at radius 2 is 1.87 bits per heavy atom. The number of carbonyl (C=O) groups excluding carboxylic acids is 2. The van der Waals surface area contributed by atoms with Gasteiger partial charge >= 0.3 is 0 Å². The van der Waals surface area contributed by atoms with Gasteiger partial charge in [0, 0.05) is 32.1 Å². The van der Waals surface area contributed by atoms with Gasteiger partial charge in [-0.2, -0.15) is 0 Å². The molecule has 1 N–H and O–H groups in total. The number of hydrogen-bond acceptors (Lipinski definition) is 5. The van der Waals surface area contributed by atoms with Gasteiger partial charge in [-0.25, -0.2) is 0 Å². The van der Waals surface area contributed by atoms with Crippen LogP contribution in [0.1, 0.15) is 35.1 Å². The maximum absolute atomic E-state index is 13.5. The van der Waals surface area contributed by atoms with E-state index >= 15 is 0 Å². The van der Waals surface area contributed by atoms with Crippen molar-refractivity contribution in [2.45, 2.75) is 33.2 Å². The number of pyridine rings is 1. The van der Waals surface area contributed by atoms with E-state index in [0.717, 1.165) is 35.1 Å². The lowest BCUT2D eigenvalue weighted by molar-refractivity contribution is -0.138. The minimum absolute atomic E-state index is 0.0888. The maximum Gasteiger partial charge on any atom is 0.278 e. The van der Waals surface area contributed by atoms with Crippen LogP contribution in [0.5, 0.6) is 0 Å². The Labute approximate surface area is 176 Å². The highest BCUT2D eigenvalue weighted by molar-refractivity contribution is 6.35. The number of aromatic nitrogens is 1. The van der Waals surface area contributed by atoms with Crippen molar-refractivity contribution < 1.29 is 14.7 Å². The summed E-state index contributed by atoms with van der Waals surface area (Å²) in [6.07, 6.45) is 5.15. The smallest absolute Gasteiger partial charge is 0.278 e. The molecule has 3 heterocycles. The topological polar surface area (TPSA) is 73.7 Å². The van der Waals surface area contributed by atoms with Crippen LogP contribution in [-0.4, -0.2) is 51.4 Å². The van der Waals surface area contributed by atoms with E-state index in [9.17, 15) is 14.7 Å². The van der Waals surface area contributed by atoms with Gasteiger partial charge in [0.2, 0.25) is 0 Å². The first-order chi connectivity index (χ1) is 14.5. The van der Waals surface area contributed by atoms with E-state index in [0.29, 0.717) is 24.4 Å². The molecule has 30 heavy (non-hydrogen) atoms. The number of aliphatic hydroxyl groups excluding tert-OH is 1. The molecule has 1 unspecified atom stereocenters. The summed E-state index contributed by atoms with van der Waals surface area (Å²) >= 11 is 0. The van der Waals surface area contributed by atoms with E-state index in [1.54, 1.807) is 12.4 Å². The predicted octanol–water partition coefficient (Wildman–Crippen LogP) is 2.68. The summed E-state index contributed by atoms with van der Waals surface area (Å²) in [4.78, 5) is 34.4. The second-order valence-corrected chi connectivity index (χ2v) is 8.23. The van der Waals surface area contributed by atoms with Gasteiger partial charge in [0.1, 0.15) is 5.70 Å². The summed E-state index contributed by atoms with van der Waals surface area (Å²) < 4.78 is 0. The Kier molecular flexibility index (Phi) is 5.68. The van der Waals surface area contributed by atoms with Crippen molar-refractivity contribution in [2.75, 3.05) is 19.7 Å². The Bertz CT molecular complexity index is 1000. The van der Waals surface area contributed by atoms with Crippen LogP contribution in [0, 0.1) is 19.8 Å². The van der Waals surface area contributed by atoms with E-state index in [1.807, 2.05) is 49.1 Å². The molecule has 2 aromatic rings. The average Bonchev–Trinajstić information content (AvgIpc) is 2.99. The fourth-order valence-electron chi connectivity index (χ4n) is 4.43. The largest absolute Gasteiger partial charge is 0.396 e. The molecule has 2 amide bonds. The summed E-state index contributed by atoms with van der Waals surface area (Å²) in [7, 11) is 0. The van der Waals surface area contributed by atoms with Crippen LogP contribution in [-0.2, 0) is 16.1 Å². The molecule has 156 valence electrons. The molecule has 0 aliphatic carbocycles. The summed E-state index contributed by atoms with van der Waals surface area (Å²) in [6.45, 7) is 5.59. The summed E-state index contributed by atoms with van der Waals surface area (Å²) in [5.74, 6) is -0.404. The number of benzene rings is 1. The van der Waals surface area contributed by atoms with E-state index in [4.69, 9.17) is 0 Å². The highest BCUT2D eigenvalue weighted by Crippen LogP contribution is 2.36. The standard InChI is InChI=1S/C24H27N3O3/c1-16-5-6-20(17(2)12-16)21-22(26-11-3-4-19(13-26)15-28)24(30)27(23(21)29)14-18-7-9-25-10-8-18/h5-10,12,19,28H,3-4,11,13-15H2,1-2H3. The first-order valence-corrected chi connectivity index (χ1v) is 10.4. The zero-order chi connectivity index (χ0) is 21.3. The molecule has 0 saturated carbocycles. The molecule has 2 aliphatic heterocycles. The van der Waals surface area contributed by atoms with Crippen LogP contribution in [0.3, 0.4) is 0 Å². The number of piperidine rings is 1. The third-order valence-corrected chi connectivity index (χ3v) is 5.98. The number of aryl methyl sites for hydroxylation is 2. The van der Waals surface area contributed by atoms with E-state index < -0.39 is 0 Å². The molecule has 6 nitrogen and oxygen atoms in total. The Morgan fingerprint density at radius 3 is 2.57 bits per heavy atom. The molecule has 0 radical (unpaired) electrons. The highest BCUT2D eigenvalue weighted by atomic mass is 16.3. The minimum Gasteiger partial charge on any atom is -0.396 e. The zero-order valence-electron chi connectivity index (χ0n) is 17.5. The lowest BCUT2D eigenvalue weighted by atomic mass is 9.95. The second-order valence-electron chi connectivity index (χ2n) is 8.23. The van der Waals surface area contributed by atoms with Crippen LogP contribution >= 0.6 is 0 Å². The van der Waals surface area contributed by atoms with Crippen molar-refractivity contribution in [3.63, 3.8) is 0 Å². The molecule has 1 fully saturated rings. The van der Waals surface area contributed by atoms with Gasteiger partial charge in [-0.15, -0.1) is 0 Å². The fourth-order valence-corrected chi connectivity index (χ4v) is 4.43. The predicted molar refractivity (Wildman–Crippen MR) is 114 cm³/mol. The number of hydrogen-bond donors (Lipinski definition) is 1. The summed E-state index contributed by atoms with van der Waals surface area (Å²) in [5, 5.41) is 9.66. The van der Waals surface area contributed by atoms with Gasteiger partial charge in [-0.05, 0) is 61.4 Å². The molecule has 1 saturated heterocycles. The number of imide groups is 1. The zero-order valence-corrected chi connectivity index (χ0v) is 17.5. The van der Waals surface area contributed by atoms with Gasteiger partial charge in [0.25, 0.3) is 11.8 Å². The second kappa shape index (κ2) is 8.40. The molecule has 0 bridgehead atoms. The van der Waals surface area contributed by atoms with Crippen molar-refractivity contribution >= 4 is 17.4 Å². The van der Waals surface area contributed by atoms with Crippen LogP contribution in [0.2, 0.25) is 0 Å². The van der Waals surface area contributed by atoms with Crippen molar-refractivity contribution in [1.82, 2.24) is 14.8 Å². The molecule has 6 heteroatoms. The average molecular weight is 405 g/mol. The normalized spacial score (nSPS) is 19.8. The lowest BCUT2D eigenvalue weighted by Gasteiger charge is -2.34. The number of rotatable bonds is 5. The SMILES string of the molecule is Cc1ccc(C2=C(N3CCCC(CO)C3)C(=O)N(Cc3ccncc3)C2=O)c(C)c1. The minimum atomic E-state index is -0.259. The Morgan fingerprint density at radius 1 is 1.10 bits per heavy atom. The van der Waals surface area contributed by atoms with Crippen molar-refractivity contribution in [2.24, 2.45) is 5.92 Å². The molecule has 1 aromatic carbocycles. The maximum atomic E-state index is 13.5. The molecule has 2 aliphatic rings. The molecule has 1 atom stereocenters. The van der Waals surface area contributed by atoms with Gasteiger partial charge in [-0.1, -0.05) is 23.8 Å². The number of carbonyl (C=O) groups is 2. The first-order valence-electron chi connectivity index (χ1n) is 10.4. The van der Waals surface area contributed by atoms with E-state index in [1.165, 1.54) is 4.90 Å². The number of aliphatic hydroxyl groups is 1. The molecule has 4 rings (SSSR count). The monoisotopic (exact) mass is 405 g/mol. The van der Waals surface area contributed by atoms with Crippen LogP contribution in [0.15, 0.2) is 48.4 Å². The third-order valence-electron chi connectivity index (χ3n) is 5.98. The summed E-state index contributed by atoms with van der Waals surface area (Å²) in [5.41, 5.74) is 4.70. The van der Waals surface area contributed by atoms with Gasteiger partial charge in [0.15, 0.2) is 0 Å². The van der Waals surface area contributed by atoms with E-state index in [2.05, 4.69) is 4.98 Å². The Balaban J connectivity index is 1.77. The molecular formula is C24H27N3O3. The van der Waals surface area contributed by atoms with Gasteiger partial charge in [0.05, 0.1) is 12.1 Å². The number of likely N-dealkylation sites (tertiary alicyclic amines) is 1. The quantitative estimate of drug-likeness (QED) is 0.775. The van der Waals surface area contributed by atoms with Crippen molar-refractivity contribution in [3.8, 4) is 0 Å². The first kappa shape index (κ1) is 20.3. The van der Waals surface area contributed by atoms with Crippen LogP contribution in [0.4, 0.5) is 0 Å². The van der Waals surface area contributed by atoms with Gasteiger partial charge in [-0.3, -0.25) is 19.5 Å². The fraction of sp³-hybridized carbons (Fsp3) is 0.375. The van der Waals surface area contributed by atoms with E-state index in [-0.39, 0.29) is 30.9 Å². The molecule has 1 aromatic heterocycles. The summed E-state index contributed by atoms with van der Waals surface area (Å²) in [6, 6.07) is 9.59. The van der Waals surface area contributed by atoms with Crippen molar-refractivity contribution in [3.05, 3.63) is 70.7 Å². The Hall–Kier alpha value is -2.99. The molecule has 0 spiro atoms. The van der Waals surface area contributed by atoms with Crippen molar-refractivity contribution in [1.29, 1.82) is 0 Å².